The smallest absolute Gasteiger partial charge is 0.182 e. The minimum atomic E-state index is 0.242. The van der Waals surface area contributed by atoms with Crippen molar-refractivity contribution in [1.82, 2.24) is 9.38 Å². The molecule has 0 aliphatic heterocycles. The van der Waals surface area contributed by atoms with E-state index in [0.717, 1.165) is 27.7 Å². The first-order valence-electron chi connectivity index (χ1n) is 7.71. The van der Waals surface area contributed by atoms with Gasteiger partial charge in [0.05, 0.1) is 11.4 Å². The molecule has 4 aromatic rings. The van der Waals surface area contributed by atoms with Gasteiger partial charge in [-0.2, -0.15) is 0 Å². The molecule has 0 radical (unpaired) electrons. The van der Waals surface area contributed by atoms with Crippen molar-refractivity contribution in [1.29, 1.82) is 0 Å². The van der Waals surface area contributed by atoms with Gasteiger partial charge in [-0.15, -0.1) is 10.2 Å². The van der Waals surface area contributed by atoms with Gasteiger partial charge in [-0.1, -0.05) is 30.3 Å². The molecule has 0 unspecified atom stereocenters. The Bertz CT molecular complexity index is 1100. The molecule has 0 spiro atoms. The monoisotopic (exact) mass is 316 g/mol. The van der Waals surface area contributed by atoms with Crippen LogP contribution in [0.25, 0.3) is 16.4 Å². The Kier molecular flexibility index (Phi) is 3.27. The summed E-state index contributed by atoms with van der Waals surface area (Å²) in [7, 11) is 0. The summed E-state index contributed by atoms with van der Waals surface area (Å²) >= 11 is 0. The van der Waals surface area contributed by atoms with E-state index in [1.807, 2.05) is 60.8 Å². The van der Waals surface area contributed by atoms with Crippen LogP contribution in [0.2, 0.25) is 0 Å². The number of azo groups is 1. The fraction of sp³-hybridized carbons (Fsp3) is 0.105. The highest BCUT2D eigenvalue weighted by Crippen LogP contribution is 2.33. The number of aromatic nitrogens is 2. The molecule has 0 saturated carbocycles. The van der Waals surface area contributed by atoms with Crippen LogP contribution in [0.3, 0.4) is 0 Å². The Balaban J connectivity index is 1.86. The maximum Gasteiger partial charge on any atom is 0.182 e. The van der Waals surface area contributed by atoms with Crippen molar-refractivity contribution in [2.45, 2.75) is 13.8 Å². The highest BCUT2D eigenvalue weighted by atomic mass is 16.3. The van der Waals surface area contributed by atoms with Gasteiger partial charge in [-0.05, 0) is 37.6 Å². The van der Waals surface area contributed by atoms with Gasteiger partial charge in [0.1, 0.15) is 11.4 Å². The lowest BCUT2D eigenvalue weighted by atomic mass is 10.1. The van der Waals surface area contributed by atoms with Crippen LogP contribution in [-0.2, 0) is 0 Å². The molecule has 0 saturated heterocycles. The van der Waals surface area contributed by atoms with Gasteiger partial charge in [0.25, 0.3) is 0 Å². The first-order chi connectivity index (χ1) is 11.6. The van der Waals surface area contributed by atoms with Gasteiger partial charge in [0, 0.05) is 17.0 Å². The van der Waals surface area contributed by atoms with Gasteiger partial charge < -0.3 is 5.11 Å². The zero-order chi connectivity index (χ0) is 16.7. The van der Waals surface area contributed by atoms with Crippen molar-refractivity contribution in [3.8, 4) is 5.75 Å². The van der Waals surface area contributed by atoms with E-state index in [4.69, 9.17) is 0 Å². The number of phenols is 1. The average molecular weight is 316 g/mol. The molecule has 4 rings (SSSR count). The average Bonchev–Trinajstić information content (AvgIpc) is 2.88. The van der Waals surface area contributed by atoms with Gasteiger partial charge in [-0.25, -0.2) is 4.98 Å². The normalized spacial score (nSPS) is 11.8. The molecular weight excluding hydrogens is 300 g/mol. The second kappa shape index (κ2) is 5.45. The lowest BCUT2D eigenvalue weighted by Crippen LogP contribution is -1.84. The molecule has 2 aromatic carbocycles. The van der Waals surface area contributed by atoms with Gasteiger partial charge in [0.2, 0.25) is 0 Å². The summed E-state index contributed by atoms with van der Waals surface area (Å²) in [6.45, 7) is 3.95. The highest BCUT2D eigenvalue weighted by molar-refractivity contribution is 5.96. The number of fused-ring (bicyclic) bond motifs is 2. The topological polar surface area (TPSA) is 62.2 Å². The number of aromatic hydroxyl groups is 1. The van der Waals surface area contributed by atoms with Crippen molar-refractivity contribution < 1.29 is 5.11 Å². The lowest BCUT2D eigenvalue weighted by molar-refractivity contribution is 0.481. The predicted octanol–water partition coefficient (Wildman–Crippen LogP) is 5.23. The number of rotatable bonds is 2. The lowest BCUT2D eigenvalue weighted by Gasteiger charge is -2.03. The molecule has 1 N–H and O–H groups in total. The molecule has 0 bridgehead atoms. The van der Waals surface area contributed by atoms with Crippen LogP contribution in [-0.4, -0.2) is 14.5 Å². The molecule has 24 heavy (non-hydrogen) atoms. The quantitative estimate of drug-likeness (QED) is 0.515. The molecule has 0 fully saturated rings. The summed E-state index contributed by atoms with van der Waals surface area (Å²) in [6.07, 6.45) is 2.00. The van der Waals surface area contributed by atoms with Crippen LogP contribution in [0.5, 0.6) is 5.75 Å². The Morgan fingerprint density at radius 2 is 1.71 bits per heavy atom. The number of phenolic OH excluding ortho intramolecular Hbond substituents is 1. The van der Waals surface area contributed by atoms with Crippen LogP contribution in [0, 0.1) is 13.8 Å². The SMILES string of the molecule is Cc1ccc2nc(C)c(N=Nc3cccc4c(O)cccc34)n2c1. The summed E-state index contributed by atoms with van der Waals surface area (Å²) in [5, 5.41) is 20.4. The fourth-order valence-corrected chi connectivity index (χ4v) is 2.84. The molecule has 118 valence electrons. The first-order valence-corrected chi connectivity index (χ1v) is 7.71. The van der Waals surface area contributed by atoms with E-state index in [1.165, 1.54) is 0 Å². The van der Waals surface area contributed by atoms with Crippen LogP contribution < -0.4 is 0 Å². The molecule has 0 aliphatic rings. The largest absolute Gasteiger partial charge is 0.507 e. The number of nitrogens with zero attached hydrogens (tertiary/aromatic N) is 4. The van der Waals surface area contributed by atoms with Gasteiger partial charge in [0.15, 0.2) is 5.82 Å². The van der Waals surface area contributed by atoms with Gasteiger partial charge in [-0.3, -0.25) is 4.40 Å². The molecule has 0 amide bonds. The van der Waals surface area contributed by atoms with Crippen molar-refractivity contribution in [3.05, 3.63) is 66.0 Å². The summed E-state index contributed by atoms with van der Waals surface area (Å²) in [5.41, 5.74) is 3.52. The standard InChI is InChI=1S/C19H16N4O/c1-12-9-10-18-20-13(2)19(23(18)11-12)22-21-16-7-3-6-15-14(16)5-4-8-17(15)24/h3-11,24H,1-2H3. The number of imidazole rings is 1. The second-order valence-electron chi connectivity index (χ2n) is 5.80. The number of hydrogen-bond donors (Lipinski definition) is 1. The Morgan fingerprint density at radius 3 is 2.58 bits per heavy atom. The van der Waals surface area contributed by atoms with E-state index >= 15 is 0 Å². The van der Waals surface area contributed by atoms with E-state index in [0.29, 0.717) is 11.5 Å². The second-order valence-corrected chi connectivity index (χ2v) is 5.80. The predicted molar refractivity (Wildman–Crippen MR) is 94.5 cm³/mol. The summed E-state index contributed by atoms with van der Waals surface area (Å²) < 4.78 is 1.94. The van der Waals surface area contributed by atoms with Crippen LogP contribution >= 0.6 is 0 Å². The molecule has 0 atom stereocenters. The summed E-state index contributed by atoms with van der Waals surface area (Å²) in [6, 6.07) is 15.0. The van der Waals surface area contributed by atoms with E-state index in [1.54, 1.807) is 12.1 Å². The molecule has 2 aromatic heterocycles. The van der Waals surface area contributed by atoms with E-state index in [-0.39, 0.29) is 5.75 Å². The highest BCUT2D eigenvalue weighted by Gasteiger charge is 2.09. The number of hydrogen-bond acceptors (Lipinski definition) is 4. The van der Waals surface area contributed by atoms with Crippen molar-refractivity contribution in [2.24, 2.45) is 10.2 Å². The van der Waals surface area contributed by atoms with Crippen molar-refractivity contribution in [3.63, 3.8) is 0 Å². The zero-order valence-electron chi connectivity index (χ0n) is 13.4. The van der Waals surface area contributed by atoms with E-state index < -0.39 is 0 Å². The molecule has 2 heterocycles. The number of aryl methyl sites for hydroxylation is 2. The van der Waals surface area contributed by atoms with E-state index in [9.17, 15) is 5.11 Å². The Hall–Kier alpha value is -3.21. The molecule has 0 aliphatic carbocycles. The third kappa shape index (κ3) is 2.31. The third-order valence-electron chi connectivity index (χ3n) is 4.04. The van der Waals surface area contributed by atoms with Crippen LogP contribution in [0.1, 0.15) is 11.3 Å². The third-order valence-corrected chi connectivity index (χ3v) is 4.04. The molecule has 5 heteroatoms. The van der Waals surface area contributed by atoms with Crippen molar-refractivity contribution >= 4 is 27.9 Å². The van der Waals surface area contributed by atoms with Gasteiger partial charge >= 0.3 is 0 Å². The number of pyridine rings is 1. The number of benzene rings is 2. The maximum absolute atomic E-state index is 9.98. The Morgan fingerprint density at radius 1 is 0.917 bits per heavy atom. The minimum absolute atomic E-state index is 0.242. The first kappa shape index (κ1) is 14.4. The zero-order valence-corrected chi connectivity index (χ0v) is 13.4. The van der Waals surface area contributed by atoms with Crippen LogP contribution in [0.15, 0.2) is 65.0 Å². The summed E-state index contributed by atoms with van der Waals surface area (Å²) in [4.78, 5) is 4.51. The van der Waals surface area contributed by atoms with Crippen LogP contribution in [0.4, 0.5) is 11.5 Å². The Labute approximate surface area is 138 Å². The fourth-order valence-electron chi connectivity index (χ4n) is 2.84. The minimum Gasteiger partial charge on any atom is -0.507 e. The summed E-state index contributed by atoms with van der Waals surface area (Å²) in [5.74, 6) is 0.956. The van der Waals surface area contributed by atoms with E-state index in [2.05, 4.69) is 15.2 Å². The molecule has 5 nitrogen and oxygen atoms in total. The maximum atomic E-state index is 9.98. The molecular formula is C19H16N4O. The van der Waals surface area contributed by atoms with Crippen molar-refractivity contribution in [2.75, 3.05) is 0 Å².